The molecule has 1 N–H and O–H groups in total. The smallest absolute Gasteiger partial charge is 0.143 e. The van der Waals surface area contributed by atoms with E-state index in [-0.39, 0.29) is 5.92 Å². The molecule has 0 heterocycles. The van der Waals surface area contributed by atoms with Gasteiger partial charge in [0.15, 0.2) is 0 Å². The predicted molar refractivity (Wildman–Crippen MR) is 42.6 cm³/mol. The first-order valence-corrected chi connectivity index (χ1v) is 4.00. The largest absolute Gasteiger partial charge is 0.378 e. The minimum atomic E-state index is -0.782. The molecule has 2 nitrogen and oxygen atoms in total. The van der Waals surface area contributed by atoms with Crippen LogP contribution in [0.4, 0.5) is 0 Å². The molecule has 1 unspecified atom stereocenters. The second-order valence-electron chi connectivity index (χ2n) is 3.10. The van der Waals surface area contributed by atoms with Crippen LogP contribution in [0, 0.1) is 23.2 Å². The van der Waals surface area contributed by atoms with Gasteiger partial charge in [0, 0.05) is 5.92 Å². The second-order valence-corrected chi connectivity index (χ2v) is 3.10. The summed E-state index contributed by atoms with van der Waals surface area (Å²) in [6.45, 7) is 2.04. The maximum atomic E-state index is 9.26. The lowest BCUT2D eigenvalue weighted by molar-refractivity contribution is 0.127. The highest BCUT2D eigenvalue weighted by atomic mass is 16.3. The van der Waals surface area contributed by atoms with Crippen molar-refractivity contribution in [3.63, 3.8) is 0 Å². The Kier molecular flexibility index (Phi) is 2.67. The Labute approximate surface area is 67.2 Å². The topological polar surface area (TPSA) is 44.0 Å². The molecular formula is C9H13NO. The van der Waals surface area contributed by atoms with Crippen LogP contribution in [-0.2, 0) is 0 Å². The third-order valence-corrected chi connectivity index (χ3v) is 2.32. The van der Waals surface area contributed by atoms with E-state index < -0.39 is 6.10 Å². The monoisotopic (exact) mass is 151 g/mol. The lowest BCUT2D eigenvalue weighted by atomic mass is 9.82. The van der Waals surface area contributed by atoms with E-state index >= 15 is 0 Å². The zero-order valence-electron chi connectivity index (χ0n) is 6.70. The van der Waals surface area contributed by atoms with Crippen LogP contribution in [0.5, 0.6) is 0 Å². The summed E-state index contributed by atoms with van der Waals surface area (Å²) in [5, 5.41) is 17.7. The van der Waals surface area contributed by atoms with Gasteiger partial charge in [0.2, 0.25) is 0 Å². The van der Waals surface area contributed by atoms with Crippen LogP contribution in [0.1, 0.15) is 19.8 Å². The van der Waals surface area contributed by atoms with Gasteiger partial charge in [-0.3, -0.25) is 0 Å². The number of nitrogens with zero attached hydrogens (tertiary/aromatic N) is 1. The van der Waals surface area contributed by atoms with Gasteiger partial charge < -0.3 is 5.11 Å². The molecule has 0 aromatic heterocycles. The van der Waals surface area contributed by atoms with Crippen molar-refractivity contribution in [2.45, 2.75) is 25.9 Å². The molecule has 0 spiro atoms. The Morgan fingerprint density at radius 2 is 2.45 bits per heavy atom. The van der Waals surface area contributed by atoms with Gasteiger partial charge in [-0.15, -0.1) is 0 Å². The zero-order valence-corrected chi connectivity index (χ0v) is 6.70. The maximum absolute atomic E-state index is 9.26. The van der Waals surface area contributed by atoms with Gasteiger partial charge in [-0.1, -0.05) is 19.1 Å². The highest BCUT2D eigenvalue weighted by Gasteiger charge is 2.24. The molecule has 0 saturated heterocycles. The van der Waals surface area contributed by atoms with Crippen molar-refractivity contribution in [1.29, 1.82) is 5.26 Å². The molecule has 60 valence electrons. The van der Waals surface area contributed by atoms with Crippen LogP contribution < -0.4 is 0 Å². The fourth-order valence-electron chi connectivity index (χ4n) is 1.55. The zero-order chi connectivity index (χ0) is 8.27. The minimum absolute atomic E-state index is 0.144. The Morgan fingerprint density at radius 3 is 3.00 bits per heavy atom. The van der Waals surface area contributed by atoms with Gasteiger partial charge in [0.1, 0.15) is 6.10 Å². The average molecular weight is 151 g/mol. The average Bonchev–Trinajstić information content (AvgIpc) is 2.04. The summed E-state index contributed by atoms with van der Waals surface area (Å²) >= 11 is 0. The van der Waals surface area contributed by atoms with Gasteiger partial charge >= 0.3 is 0 Å². The van der Waals surface area contributed by atoms with Crippen LogP contribution in [-0.4, -0.2) is 11.2 Å². The number of aliphatic hydroxyl groups is 1. The first kappa shape index (κ1) is 8.29. The van der Waals surface area contributed by atoms with Crippen LogP contribution in [0.25, 0.3) is 0 Å². The van der Waals surface area contributed by atoms with Gasteiger partial charge in [-0.05, 0) is 18.8 Å². The van der Waals surface area contributed by atoms with Crippen molar-refractivity contribution in [2.75, 3.05) is 0 Å². The summed E-state index contributed by atoms with van der Waals surface area (Å²) in [7, 11) is 0. The number of aliphatic hydroxyl groups excluding tert-OH is 1. The molecule has 0 aromatic rings. The van der Waals surface area contributed by atoms with Crippen LogP contribution >= 0.6 is 0 Å². The summed E-state index contributed by atoms with van der Waals surface area (Å²) in [6.07, 6.45) is 5.34. The number of hydrogen-bond donors (Lipinski definition) is 1. The predicted octanol–water partition coefficient (Wildman–Crippen LogP) is 1.47. The van der Waals surface area contributed by atoms with Gasteiger partial charge in [-0.2, -0.15) is 5.26 Å². The van der Waals surface area contributed by atoms with E-state index in [0.29, 0.717) is 5.92 Å². The molecule has 0 bridgehead atoms. The number of allylic oxidation sites excluding steroid dienone is 2. The first-order valence-electron chi connectivity index (χ1n) is 4.00. The first-order chi connectivity index (χ1) is 5.25. The molecule has 11 heavy (non-hydrogen) atoms. The maximum Gasteiger partial charge on any atom is 0.143 e. The van der Waals surface area contributed by atoms with E-state index in [1.54, 1.807) is 0 Å². The lowest BCUT2D eigenvalue weighted by Crippen LogP contribution is -2.25. The summed E-state index contributed by atoms with van der Waals surface area (Å²) in [4.78, 5) is 0. The van der Waals surface area contributed by atoms with E-state index in [1.165, 1.54) is 0 Å². The normalized spacial score (nSPS) is 32.8. The minimum Gasteiger partial charge on any atom is -0.378 e. The van der Waals surface area contributed by atoms with Crippen LogP contribution in [0.15, 0.2) is 12.2 Å². The van der Waals surface area contributed by atoms with Crippen molar-refractivity contribution < 1.29 is 5.11 Å². The Balaban J connectivity index is 2.59. The molecule has 2 heteroatoms. The molecule has 1 aliphatic rings. The molecule has 0 aliphatic heterocycles. The lowest BCUT2D eigenvalue weighted by Gasteiger charge is -2.25. The Morgan fingerprint density at radius 1 is 1.73 bits per heavy atom. The molecule has 0 fully saturated rings. The highest BCUT2D eigenvalue weighted by Crippen LogP contribution is 2.26. The van der Waals surface area contributed by atoms with E-state index in [9.17, 15) is 5.11 Å². The number of nitriles is 1. The Hall–Kier alpha value is -0.810. The summed E-state index contributed by atoms with van der Waals surface area (Å²) < 4.78 is 0. The molecule has 0 radical (unpaired) electrons. The van der Waals surface area contributed by atoms with E-state index in [4.69, 9.17) is 5.26 Å². The van der Waals surface area contributed by atoms with Crippen molar-refractivity contribution in [3.8, 4) is 6.07 Å². The van der Waals surface area contributed by atoms with Crippen molar-refractivity contribution in [1.82, 2.24) is 0 Å². The van der Waals surface area contributed by atoms with Crippen molar-refractivity contribution in [3.05, 3.63) is 12.2 Å². The molecule has 0 amide bonds. The quantitative estimate of drug-likeness (QED) is 0.455. The summed E-state index contributed by atoms with van der Waals surface area (Å²) in [5.74, 6) is 0.489. The fraction of sp³-hybridized carbons (Fsp3) is 0.667. The molecule has 3 atom stereocenters. The third-order valence-electron chi connectivity index (χ3n) is 2.32. The summed E-state index contributed by atoms with van der Waals surface area (Å²) in [6, 6.07) is 1.89. The van der Waals surface area contributed by atoms with E-state index in [0.717, 1.165) is 12.8 Å². The van der Waals surface area contributed by atoms with Gasteiger partial charge in [-0.25, -0.2) is 0 Å². The third kappa shape index (κ3) is 1.81. The summed E-state index contributed by atoms with van der Waals surface area (Å²) in [5.41, 5.74) is 0. The standard InChI is InChI=1S/C9H13NO/c1-7-4-2-3-5-8(7)9(11)6-10/h2,4,7-9,11H,3,5H2,1H3/t7-,8-,9?/m1/s1. The second kappa shape index (κ2) is 3.54. The van der Waals surface area contributed by atoms with E-state index in [2.05, 4.69) is 12.2 Å². The van der Waals surface area contributed by atoms with Gasteiger partial charge in [0.05, 0.1) is 6.07 Å². The number of rotatable bonds is 1. The molecule has 0 aromatic carbocycles. The fourth-order valence-corrected chi connectivity index (χ4v) is 1.55. The molecule has 1 rings (SSSR count). The van der Waals surface area contributed by atoms with Gasteiger partial charge in [0.25, 0.3) is 0 Å². The number of hydrogen-bond acceptors (Lipinski definition) is 2. The Bertz CT molecular complexity index is 192. The molecule has 1 aliphatic carbocycles. The SMILES string of the molecule is C[C@@H]1C=CCC[C@H]1C(O)C#N. The molecular weight excluding hydrogens is 138 g/mol. The van der Waals surface area contributed by atoms with E-state index in [1.807, 2.05) is 13.0 Å². The van der Waals surface area contributed by atoms with Crippen LogP contribution in [0.2, 0.25) is 0 Å². The highest BCUT2D eigenvalue weighted by molar-refractivity contribution is 5.01. The van der Waals surface area contributed by atoms with Crippen molar-refractivity contribution in [2.24, 2.45) is 11.8 Å². The van der Waals surface area contributed by atoms with Crippen molar-refractivity contribution >= 4 is 0 Å². The van der Waals surface area contributed by atoms with Crippen LogP contribution in [0.3, 0.4) is 0 Å². The molecule has 0 saturated carbocycles.